The van der Waals surface area contributed by atoms with Crippen molar-refractivity contribution in [3.8, 4) is 0 Å². The van der Waals surface area contributed by atoms with Gasteiger partial charge in [-0.2, -0.15) is 5.10 Å². The summed E-state index contributed by atoms with van der Waals surface area (Å²) in [6.45, 7) is 7.51. The second kappa shape index (κ2) is 9.88. The number of hydrogen-bond donors (Lipinski definition) is 1. The fraction of sp³-hybridized carbons (Fsp3) is 0.818. The van der Waals surface area contributed by atoms with E-state index in [0.717, 1.165) is 25.7 Å². The molecule has 0 aromatic carbocycles. The van der Waals surface area contributed by atoms with E-state index < -0.39 is 0 Å². The number of likely N-dealkylation sites (tertiary alicyclic amines) is 2. The summed E-state index contributed by atoms with van der Waals surface area (Å²) in [6, 6.07) is 2.61. The Balaban J connectivity index is 1.36. The molecule has 3 aliphatic rings. The minimum Gasteiger partial charge on any atom is -0.336 e. The van der Waals surface area contributed by atoms with Gasteiger partial charge in [-0.15, -0.1) is 0 Å². The highest BCUT2D eigenvalue weighted by atomic mass is 16.2. The summed E-state index contributed by atoms with van der Waals surface area (Å²) in [5.41, 5.74) is 0.627. The minimum atomic E-state index is 0.118. The molecule has 1 aromatic heterocycles. The van der Waals surface area contributed by atoms with Gasteiger partial charge in [0.2, 0.25) is 0 Å². The summed E-state index contributed by atoms with van der Waals surface area (Å²) in [5, 5.41) is 6.88. The lowest BCUT2D eigenvalue weighted by atomic mass is 9.95. The zero-order valence-electron chi connectivity index (χ0n) is 17.3. The first-order chi connectivity index (χ1) is 13.8. The van der Waals surface area contributed by atoms with Gasteiger partial charge in [0, 0.05) is 38.4 Å². The van der Waals surface area contributed by atoms with E-state index >= 15 is 0 Å². The van der Waals surface area contributed by atoms with Gasteiger partial charge in [0.05, 0.1) is 0 Å². The Labute approximate surface area is 169 Å². The molecule has 156 valence electrons. The first-order valence-electron chi connectivity index (χ1n) is 11.5. The van der Waals surface area contributed by atoms with Crippen molar-refractivity contribution in [3.05, 3.63) is 18.0 Å². The van der Waals surface area contributed by atoms with E-state index in [0.29, 0.717) is 11.6 Å². The summed E-state index contributed by atoms with van der Waals surface area (Å²) in [7, 11) is 0. The summed E-state index contributed by atoms with van der Waals surface area (Å²) in [6.07, 6.45) is 13.7. The van der Waals surface area contributed by atoms with Crippen molar-refractivity contribution >= 4 is 5.91 Å². The quantitative estimate of drug-likeness (QED) is 0.781. The molecule has 1 atom stereocenters. The molecule has 2 aliphatic heterocycles. The molecule has 6 nitrogen and oxygen atoms in total. The number of amides is 1. The Hall–Kier alpha value is -1.40. The Kier molecular flexibility index (Phi) is 7.02. The third-order valence-corrected chi connectivity index (χ3v) is 7.02. The molecule has 3 fully saturated rings. The van der Waals surface area contributed by atoms with Crippen molar-refractivity contribution < 1.29 is 4.79 Å². The van der Waals surface area contributed by atoms with Crippen LogP contribution in [0.5, 0.6) is 0 Å². The summed E-state index contributed by atoms with van der Waals surface area (Å²) < 4.78 is 0. The van der Waals surface area contributed by atoms with Gasteiger partial charge in [0.25, 0.3) is 5.91 Å². The number of aromatic nitrogens is 2. The molecule has 1 aliphatic carbocycles. The average molecular weight is 388 g/mol. The lowest BCUT2D eigenvalue weighted by Gasteiger charge is -2.39. The van der Waals surface area contributed by atoms with Gasteiger partial charge < -0.3 is 14.7 Å². The Morgan fingerprint density at radius 1 is 1.07 bits per heavy atom. The van der Waals surface area contributed by atoms with Crippen LogP contribution in [0.4, 0.5) is 0 Å². The van der Waals surface area contributed by atoms with E-state index in [4.69, 9.17) is 0 Å². The molecule has 3 heterocycles. The van der Waals surface area contributed by atoms with Crippen LogP contribution in [-0.4, -0.2) is 82.7 Å². The van der Waals surface area contributed by atoms with E-state index in [2.05, 4.69) is 24.9 Å². The van der Waals surface area contributed by atoms with Crippen molar-refractivity contribution in [2.45, 2.75) is 63.8 Å². The van der Waals surface area contributed by atoms with Crippen LogP contribution < -0.4 is 0 Å². The number of carbonyl (C=O) groups excluding carboxylic acids is 1. The van der Waals surface area contributed by atoms with E-state index in [1.54, 1.807) is 6.20 Å². The van der Waals surface area contributed by atoms with Gasteiger partial charge in [0.15, 0.2) is 0 Å². The fourth-order valence-electron chi connectivity index (χ4n) is 5.43. The largest absolute Gasteiger partial charge is 0.336 e. The predicted molar refractivity (Wildman–Crippen MR) is 111 cm³/mol. The zero-order chi connectivity index (χ0) is 19.2. The smallest absolute Gasteiger partial charge is 0.271 e. The van der Waals surface area contributed by atoms with Crippen LogP contribution in [0.1, 0.15) is 68.3 Å². The number of aromatic amines is 1. The number of carbonyl (C=O) groups is 1. The maximum Gasteiger partial charge on any atom is 0.271 e. The molecule has 0 bridgehead atoms. The van der Waals surface area contributed by atoms with Crippen molar-refractivity contribution in [2.24, 2.45) is 5.92 Å². The first kappa shape index (κ1) is 19.9. The van der Waals surface area contributed by atoms with Crippen LogP contribution in [0.2, 0.25) is 0 Å². The molecule has 0 radical (unpaired) electrons. The molecule has 1 saturated carbocycles. The summed E-state index contributed by atoms with van der Waals surface area (Å²) in [4.78, 5) is 20.5. The number of piperidine rings is 2. The van der Waals surface area contributed by atoms with Crippen LogP contribution in [0.3, 0.4) is 0 Å². The number of nitrogens with one attached hydrogen (secondary N) is 1. The van der Waals surface area contributed by atoms with Gasteiger partial charge in [-0.3, -0.25) is 9.89 Å². The van der Waals surface area contributed by atoms with Crippen LogP contribution in [0.15, 0.2) is 12.3 Å². The molecule has 1 N–H and O–H groups in total. The highest BCUT2D eigenvalue weighted by Crippen LogP contribution is 2.28. The molecule has 1 amide bonds. The highest BCUT2D eigenvalue weighted by molar-refractivity contribution is 5.92. The van der Waals surface area contributed by atoms with E-state index in [1.807, 2.05) is 6.07 Å². The van der Waals surface area contributed by atoms with Gasteiger partial charge in [0.1, 0.15) is 5.69 Å². The second-order valence-electron chi connectivity index (χ2n) is 9.07. The molecule has 4 rings (SSSR count). The molecule has 1 unspecified atom stereocenters. The Bertz CT molecular complexity index is 592. The van der Waals surface area contributed by atoms with Crippen molar-refractivity contribution in [3.63, 3.8) is 0 Å². The van der Waals surface area contributed by atoms with Gasteiger partial charge in [-0.05, 0) is 70.1 Å². The van der Waals surface area contributed by atoms with Crippen LogP contribution in [0.25, 0.3) is 0 Å². The molecule has 1 aromatic rings. The third kappa shape index (κ3) is 5.15. The highest BCUT2D eigenvalue weighted by Gasteiger charge is 2.30. The molecule has 2 saturated heterocycles. The zero-order valence-corrected chi connectivity index (χ0v) is 17.3. The molecule has 6 heteroatoms. The molecule has 0 spiro atoms. The number of hydrogen-bond acceptors (Lipinski definition) is 4. The number of H-pyrrole nitrogens is 1. The van der Waals surface area contributed by atoms with E-state index in [-0.39, 0.29) is 5.91 Å². The normalized spacial score (nSPS) is 25.2. The molecular weight excluding hydrogens is 350 g/mol. The first-order valence-corrected chi connectivity index (χ1v) is 11.5. The Morgan fingerprint density at radius 2 is 1.89 bits per heavy atom. The maximum absolute atomic E-state index is 13.1. The van der Waals surface area contributed by atoms with Crippen molar-refractivity contribution in [1.82, 2.24) is 24.9 Å². The lowest BCUT2D eigenvalue weighted by molar-refractivity contribution is 0.0604. The van der Waals surface area contributed by atoms with Crippen molar-refractivity contribution in [1.29, 1.82) is 0 Å². The number of nitrogens with zero attached hydrogens (tertiary/aromatic N) is 4. The van der Waals surface area contributed by atoms with Gasteiger partial charge in [-0.25, -0.2) is 0 Å². The van der Waals surface area contributed by atoms with Crippen molar-refractivity contribution in [2.75, 3.05) is 45.8 Å². The van der Waals surface area contributed by atoms with Crippen LogP contribution in [0, 0.1) is 5.92 Å². The summed E-state index contributed by atoms with van der Waals surface area (Å²) >= 11 is 0. The standard InChI is InChI=1S/C22H37N5O/c28-22(21-10-11-23-24-21)27(16-15-25-12-4-1-5-13-25)18-19-7-6-14-26(17-19)20-8-2-3-9-20/h10-11,19-20H,1-9,12-18H2,(H,23,24). The van der Waals surface area contributed by atoms with E-state index in [1.165, 1.54) is 84.0 Å². The predicted octanol–water partition coefficient (Wildman–Crippen LogP) is 2.99. The van der Waals surface area contributed by atoms with Crippen LogP contribution in [-0.2, 0) is 0 Å². The Morgan fingerprint density at radius 3 is 2.64 bits per heavy atom. The molecule has 28 heavy (non-hydrogen) atoms. The van der Waals surface area contributed by atoms with Crippen LogP contribution >= 0.6 is 0 Å². The monoisotopic (exact) mass is 387 g/mol. The SMILES string of the molecule is O=C(c1ccn[nH]1)N(CCN1CCCCC1)CC1CCCN(C2CCCC2)C1. The maximum atomic E-state index is 13.1. The average Bonchev–Trinajstić information content (AvgIpc) is 3.46. The minimum absolute atomic E-state index is 0.118. The number of rotatable bonds is 7. The van der Waals surface area contributed by atoms with Gasteiger partial charge >= 0.3 is 0 Å². The topological polar surface area (TPSA) is 55.5 Å². The second-order valence-corrected chi connectivity index (χ2v) is 9.07. The molecular formula is C22H37N5O. The summed E-state index contributed by atoms with van der Waals surface area (Å²) in [5.74, 6) is 0.718. The third-order valence-electron chi connectivity index (χ3n) is 7.02. The fourth-order valence-corrected chi connectivity index (χ4v) is 5.43. The van der Waals surface area contributed by atoms with E-state index in [9.17, 15) is 4.79 Å². The van der Waals surface area contributed by atoms with Gasteiger partial charge in [-0.1, -0.05) is 19.3 Å². The lowest BCUT2D eigenvalue weighted by Crippen LogP contribution is -2.47.